The topological polar surface area (TPSA) is 61.2 Å². The Morgan fingerprint density at radius 3 is 2.44 bits per heavy atom. The number of esters is 1. The van der Waals surface area contributed by atoms with Gasteiger partial charge in [-0.05, 0) is 49.2 Å². The Morgan fingerprint density at radius 2 is 1.79 bits per heavy atom. The number of thiophene rings is 1. The summed E-state index contributed by atoms with van der Waals surface area (Å²) >= 11 is 2.04. The smallest absolute Gasteiger partial charge is 0.348 e. The predicted octanol–water partition coefficient (Wildman–Crippen LogP) is 5.70. The second kappa shape index (κ2) is 10.0. The first-order valence-electron chi connectivity index (χ1n) is 10.3. The Kier molecular flexibility index (Phi) is 7.08. The number of rotatable bonds is 7. The lowest BCUT2D eigenvalue weighted by molar-refractivity contribution is 0.0531. The highest BCUT2D eigenvalue weighted by molar-refractivity contribution is 7.98. The minimum atomic E-state index is -0.697. The molecule has 0 N–H and O–H groups in total. The predicted molar refractivity (Wildman–Crippen MR) is 126 cm³/mol. The Morgan fingerprint density at radius 1 is 1.12 bits per heavy atom. The Labute approximate surface area is 201 Å². The molecule has 10 heteroatoms. The number of aryl methyl sites for hydroxylation is 1. The minimum Gasteiger partial charge on any atom is -0.462 e. The van der Waals surface area contributed by atoms with Gasteiger partial charge in [0.2, 0.25) is 0 Å². The highest BCUT2D eigenvalue weighted by Gasteiger charge is 2.23. The molecule has 0 atom stereocenters. The number of carbonyl (C=O) groups excluding carboxylic acids is 1. The zero-order valence-corrected chi connectivity index (χ0v) is 19.9. The summed E-state index contributed by atoms with van der Waals surface area (Å²) in [6, 6.07) is 9.25. The van der Waals surface area contributed by atoms with Gasteiger partial charge in [0.25, 0.3) is 5.56 Å². The average Bonchev–Trinajstić information content (AvgIpc) is 3.13. The molecule has 0 spiro atoms. The monoisotopic (exact) mass is 504 g/mol. The van der Waals surface area contributed by atoms with Gasteiger partial charge in [0.1, 0.15) is 27.2 Å². The zero-order chi connectivity index (χ0) is 24.4. The molecular formula is C24H19F3N2O3S2. The number of nitrogens with zero attached hydrogens (tertiary/aromatic N) is 2. The van der Waals surface area contributed by atoms with Crippen LogP contribution in [-0.4, -0.2) is 22.1 Å². The number of ether oxygens (including phenoxy) is 1. The average molecular weight is 505 g/mol. The third-order valence-electron chi connectivity index (χ3n) is 5.14. The molecule has 4 aromatic rings. The fourth-order valence-corrected chi connectivity index (χ4v) is 5.55. The van der Waals surface area contributed by atoms with Crippen LogP contribution in [0.3, 0.4) is 0 Å². The van der Waals surface area contributed by atoms with Crippen molar-refractivity contribution in [3.8, 4) is 0 Å². The van der Waals surface area contributed by atoms with E-state index in [0.717, 1.165) is 35.2 Å². The van der Waals surface area contributed by atoms with Gasteiger partial charge < -0.3 is 4.74 Å². The van der Waals surface area contributed by atoms with E-state index in [-0.39, 0.29) is 39.9 Å². The number of halogens is 3. The van der Waals surface area contributed by atoms with Crippen molar-refractivity contribution in [1.82, 2.24) is 9.55 Å². The van der Waals surface area contributed by atoms with Crippen LogP contribution in [0.5, 0.6) is 0 Å². The Hall–Kier alpha value is -3.11. The number of carbonyl (C=O) groups is 1. The number of fused-ring (bicyclic) bond motifs is 1. The first-order chi connectivity index (χ1) is 16.3. The molecule has 2 aromatic carbocycles. The maximum Gasteiger partial charge on any atom is 0.348 e. The van der Waals surface area contributed by atoms with E-state index >= 15 is 0 Å². The summed E-state index contributed by atoms with van der Waals surface area (Å²) in [4.78, 5) is 31.0. The summed E-state index contributed by atoms with van der Waals surface area (Å²) < 4.78 is 48.2. The van der Waals surface area contributed by atoms with Crippen LogP contribution in [0.1, 0.15) is 33.3 Å². The second-order valence-electron chi connectivity index (χ2n) is 7.36. The molecule has 0 aliphatic carbocycles. The van der Waals surface area contributed by atoms with Crippen molar-refractivity contribution in [2.45, 2.75) is 31.3 Å². The first kappa shape index (κ1) is 24.0. The van der Waals surface area contributed by atoms with Crippen LogP contribution in [0.4, 0.5) is 13.2 Å². The lowest BCUT2D eigenvalue weighted by Gasteiger charge is -2.13. The molecule has 0 amide bonds. The van der Waals surface area contributed by atoms with Crippen molar-refractivity contribution in [1.29, 1.82) is 0 Å². The van der Waals surface area contributed by atoms with Crippen molar-refractivity contribution in [3.05, 3.63) is 91.8 Å². The molecule has 2 aromatic heterocycles. The minimum absolute atomic E-state index is 0.0637. The summed E-state index contributed by atoms with van der Waals surface area (Å²) in [5, 5.41) is 0.498. The molecule has 0 unspecified atom stereocenters. The summed E-state index contributed by atoms with van der Waals surface area (Å²) in [5.41, 5.74) is 0.558. The second-order valence-corrected chi connectivity index (χ2v) is 9.30. The molecule has 34 heavy (non-hydrogen) atoms. The van der Waals surface area contributed by atoms with Crippen molar-refractivity contribution >= 4 is 39.3 Å². The van der Waals surface area contributed by atoms with E-state index in [0.29, 0.717) is 16.0 Å². The molecule has 2 heterocycles. The van der Waals surface area contributed by atoms with Gasteiger partial charge in [0, 0.05) is 11.3 Å². The van der Waals surface area contributed by atoms with E-state index in [1.54, 1.807) is 26.0 Å². The molecule has 0 fully saturated rings. The molecule has 5 nitrogen and oxygen atoms in total. The molecule has 4 rings (SSSR count). The van der Waals surface area contributed by atoms with E-state index < -0.39 is 29.0 Å². The fraction of sp³-hybridized carbons (Fsp3) is 0.208. The van der Waals surface area contributed by atoms with E-state index in [2.05, 4.69) is 4.98 Å². The third-order valence-corrected chi connectivity index (χ3v) is 7.31. The van der Waals surface area contributed by atoms with Crippen molar-refractivity contribution in [3.63, 3.8) is 0 Å². The lowest BCUT2D eigenvalue weighted by atomic mass is 10.2. The quantitative estimate of drug-likeness (QED) is 0.184. The number of aromatic nitrogens is 2. The Bertz CT molecular complexity index is 1410. The highest BCUT2D eigenvalue weighted by atomic mass is 32.2. The lowest BCUT2D eigenvalue weighted by Crippen LogP contribution is -2.24. The molecule has 0 saturated carbocycles. The van der Waals surface area contributed by atoms with Crippen LogP contribution in [0.15, 0.2) is 52.4 Å². The van der Waals surface area contributed by atoms with Crippen molar-refractivity contribution in [2.75, 3.05) is 6.61 Å². The molecule has 0 aliphatic heterocycles. The van der Waals surface area contributed by atoms with Gasteiger partial charge in [0.15, 0.2) is 5.16 Å². The van der Waals surface area contributed by atoms with Gasteiger partial charge >= 0.3 is 5.97 Å². The standard InChI is InChI=1S/C24H19F3N2O3S2/c1-3-32-23(31)20-13(2)19-21(34-20)28-24(33-12-16-17(26)5-4-6-18(16)27)29(22(19)30)11-14-7-9-15(25)10-8-14/h4-10H,3,11-12H2,1-2H3. The normalized spacial score (nSPS) is 11.2. The van der Waals surface area contributed by atoms with Crippen LogP contribution >= 0.6 is 23.1 Å². The largest absolute Gasteiger partial charge is 0.462 e. The van der Waals surface area contributed by atoms with E-state index in [1.807, 2.05) is 0 Å². The van der Waals surface area contributed by atoms with Gasteiger partial charge in [-0.2, -0.15) is 0 Å². The van der Waals surface area contributed by atoms with E-state index in [1.165, 1.54) is 22.8 Å². The van der Waals surface area contributed by atoms with E-state index in [4.69, 9.17) is 4.74 Å². The third kappa shape index (κ3) is 4.74. The van der Waals surface area contributed by atoms with Crippen molar-refractivity contribution in [2.24, 2.45) is 0 Å². The first-order valence-corrected chi connectivity index (χ1v) is 12.1. The number of hydrogen-bond acceptors (Lipinski definition) is 6. The maximum absolute atomic E-state index is 14.2. The van der Waals surface area contributed by atoms with Crippen LogP contribution in [0, 0.1) is 24.4 Å². The number of benzene rings is 2. The summed E-state index contributed by atoms with van der Waals surface area (Å²) in [6.45, 7) is 3.58. The van der Waals surface area contributed by atoms with Crippen molar-refractivity contribution < 1.29 is 22.7 Å². The van der Waals surface area contributed by atoms with Gasteiger partial charge in [-0.1, -0.05) is 30.0 Å². The van der Waals surface area contributed by atoms with Gasteiger partial charge in [0.05, 0.1) is 18.5 Å². The fourth-order valence-electron chi connectivity index (χ4n) is 3.42. The van der Waals surface area contributed by atoms with Crippen LogP contribution in [-0.2, 0) is 17.0 Å². The molecule has 0 radical (unpaired) electrons. The molecule has 0 saturated heterocycles. The van der Waals surface area contributed by atoms with Crippen LogP contribution in [0.25, 0.3) is 10.2 Å². The highest BCUT2D eigenvalue weighted by Crippen LogP contribution is 2.31. The van der Waals surface area contributed by atoms with E-state index in [9.17, 15) is 22.8 Å². The summed E-state index contributed by atoms with van der Waals surface area (Å²) in [6.07, 6.45) is 0. The Balaban J connectivity index is 1.83. The van der Waals surface area contributed by atoms with Crippen LogP contribution < -0.4 is 5.56 Å². The molecule has 0 bridgehead atoms. The van der Waals surface area contributed by atoms with Gasteiger partial charge in [-0.3, -0.25) is 9.36 Å². The molecule has 176 valence electrons. The maximum atomic E-state index is 14.2. The molecule has 0 aliphatic rings. The SMILES string of the molecule is CCOC(=O)c1sc2nc(SCc3c(F)cccc3F)n(Cc3ccc(F)cc3)c(=O)c2c1C. The summed E-state index contributed by atoms with van der Waals surface area (Å²) in [5.74, 6) is -2.46. The number of thioether (sulfide) groups is 1. The van der Waals surface area contributed by atoms with Gasteiger partial charge in [-0.15, -0.1) is 11.3 Å². The zero-order valence-electron chi connectivity index (χ0n) is 18.2. The summed E-state index contributed by atoms with van der Waals surface area (Å²) in [7, 11) is 0. The number of hydrogen-bond donors (Lipinski definition) is 0. The van der Waals surface area contributed by atoms with Gasteiger partial charge in [-0.25, -0.2) is 22.9 Å². The molecular weight excluding hydrogens is 485 g/mol. The van der Waals surface area contributed by atoms with Crippen LogP contribution in [0.2, 0.25) is 0 Å².